The number of aromatic nitrogens is 2. The van der Waals surface area contributed by atoms with Gasteiger partial charge in [0.25, 0.3) is 5.91 Å². The van der Waals surface area contributed by atoms with Gasteiger partial charge in [-0.15, -0.1) is 11.3 Å². The van der Waals surface area contributed by atoms with Crippen molar-refractivity contribution in [1.29, 1.82) is 0 Å². The molecule has 0 saturated heterocycles. The van der Waals surface area contributed by atoms with E-state index in [1.165, 1.54) is 11.3 Å². The molecular formula is C19H14N4OS. The Labute approximate surface area is 148 Å². The highest BCUT2D eigenvalue weighted by Gasteiger charge is 2.11. The van der Waals surface area contributed by atoms with Gasteiger partial charge in [-0.3, -0.25) is 20.6 Å². The van der Waals surface area contributed by atoms with Gasteiger partial charge < -0.3 is 0 Å². The van der Waals surface area contributed by atoms with Crippen LogP contribution in [-0.4, -0.2) is 15.9 Å². The minimum absolute atomic E-state index is 0.217. The van der Waals surface area contributed by atoms with Crippen LogP contribution in [0.2, 0.25) is 0 Å². The van der Waals surface area contributed by atoms with Gasteiger partial charge >= 0.3 is 0 Å². The molecule has 2 aromatic heterocycles. The minimum atomic E-state index is -0.217. The van der Waals surface area contributed by atoms with Gasteiger partial charge in [0.2, 0.25) is 0 Å². The van der Waals surface area contributed by atoms with E-state index in [1.807, 2.05) is 54.6 Å². The lowest BCUT2D eigenvalue weighted by Crippen LogP contribution is -2.28. The number of hydrazine groups is 1. The second-order valence-electron chi connectivity index (χ2n) is 5.38. The highest BCUT2D eigenvalue weighted by Crippen LogP contribution is 2.25. The molecule has 4 rings (SSSR count). The summed E-state index contributed by atoms with van der Waals surface area (Å²) in [6.45, 7) is 0. The molecule has 0 bridgehead atoms. The van der Waals surface area contributed by atoms with E-state index in [2.05, 4.69) is 20.8 Å². The number of thiazole rings is 1. The van der Waals surface area contributed by atoms with Gasteiger partial charge in [0.15, 0.2) is 0 Å². The first-order chi connectivity index (χ1) is 12.3. The van der Waals surface area contributed by atoms with Crippen LogP contribution in [0.25, 0.3) is 21.3 Å². The number of fused-ring (bicyclic) bond motifs is 1. The fourth-order valence-electron chi connectivity index (χ4n) is 2.51. The van der Waals surface area contributed by atoms with Crippen molar-refractivity contribution >= 4 is 33.7 Å². The molecular weight excluding hydrogens is 332 g/mol. The molecule has 25 heavy (non-hydrogen) atoms. The summed E-state index contributed by atoms with van der Waals surface area (Å²) in [5.41, 5.74) is 7.54. The number of nitrogens with one attached hydrogen (secondary N) is 2. The molecule has 6 heteroatoms. The van der Waals surface area contributed by atoms with E-state index in [1.54, 1.807) is 18.6 Å². The van der Waals surface area contributed by atoms with Crippen LogP contribution in [0.4, 0.5) is 5.69 Å². The smallest absolute Gasteiger partial charge is 0.281 e. The number of carbonyl (C=O) groups is 1. The van der Waals surface area contributed by atoms with Crippen LogP contribution in [0.15, 0.2) is 73.2 Å². The third kappa shape index (κ3) is 3.20. The van der Waals surface area contributed by atoms with Crippen molar-refractivity contribution in [1.82, 2.24) is 15.4 Å². The van der Waals surface area contributed by atoms with Crippen LogP contribution in [0.5, 0.6) is 0 Å². The van der Waals surface area contributed by atoms with Gasteiger partial charge in [-0.25, -0.2) is 4.98 Å². The Bertz CT molecular complexity index is 1020. The summed E-state index contributed by atoms with van der Waals surface area (Å²) in [6, 6.07) is 17.5. The first-order valence-electron chi connectivity index (χ1n) is 7.71. The number of benzene rings is 2. The van der Waals surface area contributed by atoms with Gasteiger partial charge in [-0.05, 0) is 12.1 Å². The summed E-state index contributed by atoms with van der Waals surface area (Å²) < 4.78 is 0. The topological polar surface area (TPSA) is 66.9 Å². The second kappa shape index (κ2) is 6.70. The summed E-state index contributed by atoms with van der Waals surface area (Å²) in [7, 11) is 0. The van der Waals surface area contributed by atoms with Crippen molar-refractivity contribution in [2.24, 2.45) is 0 Å². The molecule has 0 aliphatic heterocycles. The molecule has 4 aromatic rings. The second-order valence-corrected chi connectivity index (χ2v) is 6.41. The van der Waals surface area contributed by atoms with E-state index in [0.717, 1.165) is 27.0 Å². The fourth-order valence-corrected chi connectivity index (χ4v) is 3.33. The van der Waals surface area contributed by atoms with E-state index in [-0.39, 0.29) is 5.91 Å². The first-order valence-corrected chi connectivity index (χ1v) is 8.53. The Kier molecular flexibility index (Phi) is 4.10. The molecule has 122 valence electrons. The summed E-state index contributed by atoms with van der Waals surface area (Å²) in [5, 5.41) is 2.82. The molecule has 0 atom stereocenters. The molecule has 0 unspecified atom stereocenters. The number of pyridine rings is 1. The lowest BCUT2D eigenvalue weighted by atomic mass is 10.1. The Morgan fingerprint density at radius 1 is 0.960 bits per heavy atom. The molecule has 0 spiro atoms. The summed E-state index contributed by atoms with van der Waals surface area (Å²) in [6.07, 6.45) is 5.11. The number of nitrogens with zero attached hydrogens (tertiary/aromatic N) is 2. The molecule has 0 fully saturated rings. The Morgan fingerprint density at radius 2 is 1.84 bits per heavy atom. The molecule has 0 aliphatic carbocycles. The summed E-state index contributed by atoms with van der Waals surface area (Å²) in [5.74, 6) is -0.217. The molecule has 1 amide bonds. The number of anilines is 1. The van der Waals surface area contributed by atoms with Gasteiger partial charge in [-0.2, -0.15) is 0 Å². The monoisotopic (exact) mass is 346 g/mol. The van der Waals surface area contributed by atoms with Crippen molar-refractivity contribution < 1.29 is 4.79 Å². The van der Waals surface area contributed by atoms with Gasteiger partial charge in [0.1, 0.15) is 9.88 Å². The third-order valence-electron chi connectivity index (χ3n) is 3.74. The van der Waals surface area contributed by atoms with Crippen LogP contribution in [0.1, 0.15) is 9.67 Å². The number of amides is 1. The summed E-state index contributed by atoms with van der Waals surface area (Å²) >= 11 is 1.36. The Hall–Kier alpha value is -3.25. The maximum Gasteiger partial charge on any atom is 0.281 e. The number of carbonyl (C=O) groups excluding carboxylic acids is 1. The van der Waals surface area contributed by atoms with Crippen molar-refractivity contribution in [2.75, 3.05) is 5.43 Å². The van der Waals surface area contributed by atoms with Crippen molar-refractivity contribution in [3.63, 3.8) is 0 Å². The molecule has 0 radical (unpaired) electrons. The molecule has 2 N–H and O–H groups in total. The van der Waals surface area contributed by atoms with Gasteiger partial charge in [0.05, 0.1) is 11.9 Å². The molecule has 5 nitrogen and oxygen atoms in total. The van der Waals surface area contributed by atoms with Crippen LogP contribution in [0, 0.1) is 0 Å². The fraction of sp³-hybridized carbons (Fsp3) is 0. The van der Waals surface area contributed by atoms with Crippen LogP contribution >= 0.6 is 11.3 Å². The van der Waals surface area contributed by atoms with Gasteiger partial charge in [0, 0.05) is 28.7 Å². The normalized spacial score (nSPS) is 10.6. The number of hydrogen-bond donors (Lipinski definition) is 2. The first kappa shape index (κ1) is 15.3. The average molecular weight is 346 g/mol. The number of hydrogen-bond acceptors (Lipinski definition) is 5. The quantitative estimate of drug-likeness (QED) is 0.546. The van der Waals surface area contributed by atoms with E-state index in [0.29, 0.717) is 4.88 Å². The summed E-state index contributed by atoms with van der Waals surface area (Å²) in [4.78, 5) is 21.4. The SMILES string of the molecule is O=C(NNc1cccc2cnccc12)c1cnc(-c2ccccc2)s1. The Morgan fingerprint density at radius 3 is 2.72 bits per heavy atom. The van der Waals surface area contributed by atoms with Crippen molar-refractivity contribution in [3.05, 3.63) is 78.1 Å². The van der Waals surface area contributed by atoms with Crippen LogP contribution in [0.3, 0.4) is 0 Å². The van der Waals surface area contributed by atoms with E-state index < -0.39 is 0 Å². The maximum absolute atomic E-state index is 12.4. The zero-order valence-corrected chi connectivity index (χ0v) is 14.0. The molecule has 0 saturated carbocycles. The van der Waals surface area contributed by atoms with E-state index in [9.17, 15) is 4.79 Å². The van der Waals surface area contributed by atoms with E-state index >= 15 is 0 Å². The molecule has 2 aromatic carbocycles. The third-order valence-corrected chi connectivity index (χ3v) is 4.79. The van der Waals surface area contributed by atoms with Crippen molar-refractivity contribution in [2.45, 2.75) is 0 Å². The molecule has 2 heterocycles. The average Bonchev–Trinajstić information content (AvgIpc) is 3.17. The maximum atomic E-state index is 12.4. The predicted molar refractivity (Wildman–Crippen MR) is 100 cm³/mol. The highest BCUT2D eigenvalue weighted by atomic mass is 32.1. The lowest BCUT2D eigenvalue weighted by molar-refractivity contribution is 0.0966. The Balaban J connectivity index is 1.50. The van der Waals surface area contributed by atoms with Crippen LogP contribution < -0.4 is 10.9 Å². The largest absolute Gasteiger partial charge is 0.298 e. The zero-order chi connectivity index (χ0) is 17.1. The number of rotatable bonds is 4. The van der Waals surface area contributed by atoms with Crippen molar-refractivity contribution in [3.8, 4) is 10.6 Å². The lowest BCUT2D eigenvalue weighted by Gasteiger charge is -2.10. The minimum Gasteiger partial charge on any atom is -0.298 e. The predicted octanol–water partition coefficient (Wildman–Crippen LogP) is 4.12. The van der Waals surface area contributed by atoms with Crippen LogP contribution in [-0.2, 0) is 0 Å². The zero-order valence-electron chi connectivity index (χ0n) is 13.1. The standard InChI is InChI=1S/C19H14N4OS/c24-18(17-12-21-19(25-17)13-5-2-1-3-6-13)23-22-16-8-4-7-14-11-20-10-9-15(14)16/h1-12,22H,(H,23,24). The van der Waals surface area contributed by atoms with E-state index in [4.69, 9.17) is 0 Å². The van der Waals surface area contributed by atoms with Gasteiger partial charge in [-0.1, -0.05) is 42.5 Å². The molecule has 0 aliphatic rings. The highest BCUT2D eigenvalue weighted by molar-refractivity contribution is 7.16.